The molecule has 304 valence electrons. The third kappa shape index (κ3) is 9.33. The van der Waals surface area contributed by atoms with E-state index in [4.69, 9.17) is 14.5 Å². The van der Waals surface area contributed by atoms with Crippen LogP contribution in [0.15, 0.2) is 66.7 Å². The van der Waals surface area contributed by atoms with E-state index in [1.807, 2.05) is 74.5 Å². The monoisotopic (exact) mass is 804 g/mol. The van der Waals surface area contributed by atoms with Crippen molar-refractivity contribution < 1.29 is 29.0 Å². The molecule has 13 heteroatoms. The Morgan fingerprint density at radius 1 is 0.931 bits per heavy atom. The number of benzene rings is 3. The van der Waals surface area contributed by atoms with Crippen LogP contribution in [-0.4, -0.2) is 102 Å². The SMILES string of the molecule is CCOC(=O)CN1CCN(CCCOc2ccc(-c3c(C(C)(C)C)cc(N4CCc5cccc(C(=O)Nc6nc7ccccc7s6)c5C4)nc3C(=O)O)c(C)c2)CC1. The smallest absolute Gasteiger partial charge is 0.355 e. The molecule has 0 unspecified atom stereocenters. The highest BCUT2D eigenvalue weighted by molar-refractivity contribution is 7.22. The Kier molecular flexibility index (Phi) is 12.4. The predicted molar refractivity (Wildman–Crippen MR) is 228 cm³/mol. The van der Waals surface area contributed by atoms with Gasteiger partial charge in [0.2, 0.25) is 0 Å². The lowest BCUT2D eigenvalue weighted by Gasteiger charge is -2.34. The summed E-state index contributed by atoms with van der Waals surface area (Å²) >= 11 is 1.44. The van der Waals surface area contributed by atoms with Crippen LogP contribution < -0.4 is 15.0 Å². The van der Waals surface area contributed by atoms with Crippen molar-refractivity contribution in [3.8, 4) is 16.9 Å². The quantitative estimate of drug-likeness (QED) is 0.0909. The minimum absolute atomic E-state index is 0.00536. The first kappa shape index (κ1) is 40.8. The standard InChI is InChI=1S/C45H52N6O6S/c1-6-56-39(52)28-50-22-20-49(21-23-50)18-10-24-57-31-15-16-32(29(2)25-31)40-35(45(3,4)5)26-38(47-41(40)43(54)55)51-19-17-30-11-9-12-33(34(30)27-51)42(53)48-44-46-36-13-7-8-14-37(36)58-44/h7-9,11-16,25-26H,6,10,17-24,27-28H2,1-5H3,(H,54,55)(H,46,48,53). The Balaban J connectivity index is 1.06. The van der Waals surface area contributed by atoms with Crippen molar-refractivity contribution in [2.24, 2.45) is 0 Å². The van der Waals surface area contributed by atoms with E-state index in [0.717, 1.165) is 82.9 Å². The van der Waals surface area contributed by atoms with Crippen LogP contribution in [0.5, 0.6) is 5.75 Å². The summed E-state index contributed by atoms with van der Waals surface area (Å²) in [5, 5.41) is 14.2. The number of esters is 1. The van der Waals surface area contributed by atoms with Gasteiger partial charge in [-0.3, -0.25) is 19.8 Å². The zero-order valence-electron chi connectivity index (χ0n) is 34.0. The number of nitrogens with zero attached hydrogens (tertiary/aromatic N) is 5. The van der Waals surface area contributed by atoms with Gasteiger partial charge < -0.3 is 24.4 Å². The molecule has 7 rings (SSSR count). The second-order valence-corrected chi connectivity index (χ2v) is 17.0. The Hall–Kier alpha value is -5.37. The molecule has 0 aliphatic carbocycles. The van der Waals surface area contributed by atoms with Gasteiger partial charge in [-0.05, 0) is 96.3 Å². The Morgan fingerprint density at radius 2 is 1.71 bits per heavy atom. The average molecular weight is 805 g/mol. The molecule has 0 bridgehead atoms. The van der Waals surface area contributed by atoms with E-state index < -0.39 is 11.4 Å². The highest BCUT2D eigenvalue weighted by atomic mass is 32.1. The van der Waals surface area contributed by atoms with Crippen LogP contribution in [0.4, 0.5) is 10.9 Å². The number of anilines is 2. The van der Waals surface area contributed by atoms with E-state index >= 15 is 0 Å². The van der Waals surface area contributed by atoms with Gasteiger partial charge in [0, 0.05) is 56.9 Å². The summed E-state index contributed by atoms with van der Waals surface area (Å²) < 4.78 is 12.3. The van der Waals surface area contributed by atoms with E-state index in [9.17, 15) is 19.5 Å². The van der Waals surface area contributed by atoms with Crippen molar-refractivity contribution in [3.63, 3.8) is 0 Å². The number of para-hydroxylation sites is 1. The summed E-state index contributed by atoms with van der Waals surface area (Å²) in [6, 6.07) is 21.4. The normalized spacial score (nSPS) is 14.9. The van der Waals surface area contributed by atoms with Crippen LogP contribution >= 0.6 is 11.3 Å². The van der Waals surface area contributed by atoms with Crippen molar-refractivity contribution in [1.82, 2.24) is 19.8 Å². The van der Waals surface area contributed by atoms with Crippen LogP contribution in [0.2, 0.25) is 0 Å². The molecule has 58 heavy (non-hydrogen) atoms. The van der Waals surface area contributed by atoms with E-state index in [2.05, 4.69) is 51.8 Å². The molecule has 5 aromatic rings. The van der Waals surface area contributed by atoms with Crippen molar-refractivity contribution in [1.29, 1.82) is 0 Å². The number of aromatic carboxylic acids is 1. The number of fused-ring (bicyclic) bond motifs is 2. The highest BCUT2D eigenvalue weighted by Gasteiger charge is 2.31. The van der Waals surface area contributed by atoms with Gasteiger partial charge >= 0.3 is 11.9 Å². The maximum atomic E-state index is 13.7. The summed E-state index contributed by atoms with van der Waals surface area (Å²) in [4.78, 5) is 54.6. The first-order valence-corrected chi connectivity index (χ1v) is 20.8. The van der Waals surface area contributed by atoms with E-state index in [1.54, 1.807) is 0 Å². The number of thiazole rings is 1. The molecular formula is C45H52N6O6S. The van der Waals surface area contributed by atoms with Crippen molar-refractivity contribution >= 4 is 50.3 Å². The van der Waals surface area contributed by atoms with E-state index in [0.29, 0.717) is 61.3 Å². The lowest BCUT2D eigenvalue weighted by atomic mass is 9.80. The molecule has 3 aromatic carbocycles. The second kappa shape index (κ2) is 17.6. The molecule has 2 N–H and O–H groups in total. The number of amides is 1. The van der Waals surface area contributed by atoms with Crippen molar-refractivity contribution in [2.45, 2.75) is 59.4 Å². The summed E-state index contributed by atoms with van der Waals surface area (Å²) in [5.41, 5.74) is 6.13. The zero-order valence-corrected chi connectivity index (χ0v) is 34.8. The van der Waals surface area contributed by atoms with E-state index in [-0.39, 0.29) is 17.6 Å². The highest BCUT2D eigenvalue weighted by Crippen LogP contribution is 2.40. The van der Waals surface area contributed by atoms with Crippen LogP contribution in [0.3, 0.4) is 0 Å². The first-order valence-electron chi connectivity index (χ1n) is 20.0. The van der Waals surface area contributed by atoms with Gasteiger partial charge in [-0.1, -0.05) is 62.4 Å². The summed E-state index contributed by atoms with van der Waals surface area (Å²) in [7, 11) is 0. The van der Waals surface area contributed by atoms with Crippen LogP contribution in [0, 0.1) is 6.92 Å². The third-order valence-electron chi connectivity index (χ3n) is 10.9. The maximum absolute atomic E-state index is 13.7. The van der Waals surface area contributed by atoms with Gasteiger partial charge in [0.15, 0.2) is 10.8 Å². The lowest BCUT2D eigenvalue weighted by Crippen LogP contribution is -2.48. The molecule has 2 aromatic heterocycles. The van der Waals surface area contributed by atoms with E-state index in [1.165, 1.54) is 11.3 Å². The van der Waals surface area contributed by atoms with Gasteiger partial charge in [0.1, 0.15) is 11.6 Å². The minimum atomic E-state index is -1.10. The number of carbonyl (C=O) groups is 3. The van der Waals surface area contributed by atoms with Gasteiger partial charge in [0.05, 0.1) is 30.0 Å². The Labute approximate surface area is 343 Å². The number of nitrogens with one attached hydrogen (secondary N) is 1. The molecule has 1 saturated heterocycles. The molecule has 1 fully saturated rings. The second-order valence-electron chi connectivity index (χ2n) is 16.0. The number of aryl methyl sites for hydroxylation is 1. The fourth-order valence-corrected chi connectivity index (χ4v) is 8.70. The number of pyridine rings is 1. The molecule has 0 radical (unpaired) electrons. The molecule has 12 nitrogen and oxygen atoms in total. The number of ether oxygens (including phenoxy) is 2. The minimum Gasteiger partial charge on any atom is -0.494 e. The summed E-state index contributed by atoms with van der Waals surface area (Å²) in [5.74, 6) is -0.202. The fourth-order valence-electron chi connectivity index (χ4n) is 7.84. The number of carboxylic acid groups (broad SMARTS) is 1. The molecule has 2 aliphatic rings. The number of rotatable bonds is 13. The number of hydrogen-bond acceptors (Lipinski definition) is 11. The maximum Gasteiger partial charge on any atom is 0.355 e. The third-order valence-corrected chi connectivity index (χ3v) is 11.8. The van der Waals surface area contributed by atoms with Gasteiger partial charge in [-0.25, -0.2) is 14.8 Å². The molecule has 4 heterocycles. The number of carbonyl (C=O) groups excluding carboxylic acids is 2. The fraction of sp³-hybridized carbons (Fsp3) is 0.400. The Bertz CT molecular complexity index is 2280. The number of carboxylic acids is 1. The van der Waals surface area contributed by atoms with Crippen molar-refractivity contribution in [3.05, 3.63) is 100 Å². The number of piperazine rings is 1. The number of hydrogen-bond donors (Lipinski definition) is 2. The topological polar surface area (TPSA) is 137 Å². The summed E-state index contributed by atoms with van der Waals surface area (Å²) in [6.45, 7) is 16.8. The van der Waals surface area contributed by atoms with Gasteiger partial charge in [-0.15, -0.1) is 0 Å². The molecule has 1 amide bonds. The molecule has 0 spiro atoms. The van der Waals surface area contributed by atoms with Gasteiger partial charge in [0.25, 0.3) is 5.91 Å². The lowest BCUT2D eigenvalue weighted by molar-refractivity contribution is -0.144. The first-order chi connectivity index (χ1) is 27.9. The molecular weight excluding hydrogens is 753 g/mol. The van der Waals surface area contributed by atoms with Crippen molar-refractivity contribution in [2.75, 3.05) is 69.2 Å². The molecule has 0 atom stereocenters. The van der Waals surface area contributed by atoms with Crippen LogP contribution in [0.25, 0.3) is 21.3 Å². The predicted octanol–water partition coefficient (Wildman–Crippen LogP) is 7.43. The van der Waals surface area contributed by atoms with Crippen LogP contribution in [0.1, 0.15) is 77.2 Å². The Morgan fingerprint density at radius 3 is 2.43 bits per heavy atom. The van der Waals surface area contributed by atoms with Gasteiger partial charge in [-0.2, -0.15) is 0 Å². The largest absolute Gasteiger partial charge is 0.494 e. The molecule has 2 aliphatic heterocycles. The summed E-state index contributed by atoms with van der Waals surface area (Å²) in [6.07, 6.45) is 1.54. The zero-order chi connectivity index (χ0) is 41.0. The van der Waals surface area contributed by atoms with Crippen LogP contribution in [-0.2, 0) is 27.9 Å². The molecule has 0 saturated carbocycles. The average Bonchev–Trinajstić information content (AvgIpc) is 3.61. The number of aromatic nitrogens is 2.